The molecule has 1 amide bonds. The second-order valence-corrected chi connectivity index (χ2v) is 8.49. The van der Waals surface area contributed by atoms with Crippen LogP contribution in [0.4, 0.5) is 0 Å². The van der Waals surface area contributed by atoms with Crippen molar-refractivity contribution in [3.05, 3.63) is 71.8 Å². The SMILES string of the molecule is CC.CC(CSC(=O)c1ccccc1)C(=O)N1CC(Cc2ccccc2)CC1C(=O)O. The fourth-order valence-corrected chi connectivity index (χ4v) is 4.56. The summed E-state index contributed by atoms with van der Waals surface area (Å²) in [6.07, 6.45) is 1.21. The Labute approximate surface area is 188 Å². The van der Waals surface area contributed by atoms with Crippen LogP contribution in [0.5, 0.6) is 0 Å². The van der Waals surface area contributed by atoms with Crippen LogP contribution in [0, 0.1) is 11.8 Å². The van der Waals surface area contributed by atoms with Crippen molar-refractivity contribution in [1.29, 1.82) is 0 Å². The first-order valence-electron chi connectivity index (χ1n) is 10.7. The van der Waals surface area contributed by atoms with Crippen LogP contribution >= 0.6 is 11.8 Å². The summed E-state index contributed by atoms with van der Waals surface area (Å²) in [5, 5.41) is 9.53. The number of benzene rings is 2. The monoisotopic (exact) mass is 441 g/mol. The van der Waals surface area contributed by atoms with Crippen molar-refractivity contribution in [2.75, 3.05) is 12.3 Å². The predicted octanol–water partition coefficient (Wildman–Crippen LogP) is 4.77. The number of hydrogen-bond donors (Lipinski definition) is 1. The van der Waals surface area contributed by atoms with Gasteiger partial charge in [0.2, 0.25) is 11.0 Å². The molecule has 0 radical (unpaired) electrons. The highest BCUT2D eigenvalue weighted by Gasteiger charge is 2.40. The summed E-state index contributed by atoms with van der Waals surface area (Å²) in [5.74, 6) is -1.13. The molecular formula is C25H31NO4S. The Balaban J connectivity index is 0.00000166. The zero-order valence-corrected chi connectivity index (χ0v) is 19.2. The Morgan fingerprint density at radius 2 is 1.61 bits per heavy atom. The Morgan fingerprint density at radius 1 is 1.03 bits per heavy atom. The maximum Gasteiger partial charge on any atom is 0.326 e. The first-order chi connectivity index (χ1) is 15.0. The molecule has 6 heteroatoms. The van der Waals surface area contributed by atoms with Crippen molar-refractivity contribution in [2.45, 2.75) is 39.7 Å². The molecule has 0 saturated carbocycles. The topological polar surface area (TPSA) is 74.7 Å². The number of carbonyl (C=O) groups is 3. The lowest BCUT2D eigenvalue weighted by atomic mass is 9.97. The van der Waals surface area contributed by atoms with Crippen molar-refractivity contribution < 1.29 is 19.5 Å². The zero-order chi connectivity index (χ0) is 22.8. The standard InChI is InChI=1S/C23H25NO4S.C2H6/c1-16(15-29-23(28)19-10-6-3-7-11-19)21(25)24-14-18(13-20(24)22(26)27)12-17-8-4-2-5-9-17;1-2/h2-11,16,18,20H,12-15H2,1H3,(H,26,27);1-2H3. The number of thioether (sulfide) groups is 1. The Kier molecular flexibility index (Phi) is 9.79. The van der Waals surface area contributed by atoms with Gasteiger partial charge < -0.3 is 10.0 Å². The maximum atomic E-state index is 12.9. The molecule has 2 aromatic rings. The van der Waals surface area contributed by atoms with Crippen LogP contribution in [0.1, 0.15) is 43.1 Å². The molecule has 0 spiro atoms. The summed E-state index contributed by atoms with van der Waals surface area (Å²) < 4.78 is 0. The van der Waals surface area contributed by atoms with Crippen LogP contribution in [-0.2, 0) is 16.0 Å². The van der Waals surface area contributed by atoms with Gasteiger partial charge in [-0.3, -0.25) is 9.59 Å². The van der Waals surface area contributed by atoms with E-state index < -0.39 is 17.9 Å². The van der Waals surface area contributed by atoms with Crippen molar-refractivity contribution >= 4 is 28.8 Å². The molecular weight excluding hydrogens is 410 g/mol. The van der Waals surface area contributed by atoms with Crippen LogP contribution in [-0.4, -0.2) is 45.3 Å². The van der Waals surface area contributed by atoms with Gasteiger partial charge in [-0.05, 0) is 24.3 Å². The van der Waals surface area contributed by atoms with Crippen molar-refractivity contribution in [3.63, 3.8) is 0 Å². The molecule has 3 atom stereocenters. The zero-order valence-electron chi connectivity index (χ0n) is 18.4. The van der Waals surface area contributed by atoms with Gasteiger partial charge in [-0.15, -0.1) is 0 Å². The third-order valence-corrected chi connectivity index (χ3v) is 6.38. The Hall–Kier alpha value is -2.60. The van der Waals surface area contributed by atoms with E-state index in [4.69, 9.17) is 0 Å². The number of nitrogens with zero attached hydrogens (tertiary/aromatic N) is 1. The van der Waals surface area contributed by atoms with Gasteiger partial charge in [0, 0.05) is 23.8 Å². The van der Waals surface area contributed by atoms with E-state index in [0.29, 0.717) is 24.3 Å². The van der Waals surface area contributed by atoms with Crippen molar-refractivity contribution in [1.82, 2.24) is 4.90 Å². The van der Waals surface area contributed by atoms with Crippen LogP contribution in [0.3, 0.4) is 0 Å². The molecule has 31 heavy (non-hydrogen) atoms. The molecule has 1 aliphatic heterocycles. The minimum absolute atomic E-state index is 0.0802. The normalized spacial score (nSPS) is 18.6. The van der Waals surface area contributed by atoms with Gasteiger partial charge in [0.05, 0.1) is 0 Å². The van der Waals surface area contributed by atoms with Gasteiger partial charge in [-0.25, -0.2) is 4.79 Å². The fraction of sp³-hybridized carbons (Fsp3) is 0.400. The van der Waals surface area contributed by atoms with Crippen LogP contribution < -0.4 is 0 Å². The number of rotatable bonds is 7. The largest absolute Gasteiger partial charge is 0.480 e. The van der Waals surface area contributed by atoms with Gasteiger partial charge in [0.25, 0.3) is 0 Å². The summed E-state index contributed by atoms with van der Waals surface area (Å²) in [5.41, 5.74) is 1.75. The summed E-state index contributed by atoms with van der Waals surface area (Å²) in [6.45, 7) is 6.20. The van der Waals surface area contributed by atoms with Gasteiger partial charge in [-0.1, -0.05) is 93.2 Å². The lowest BCUT2D eigenvalue weighted by molar-refractivity contribution is -0.149. The van der Waals surface area contributed by atoms with Gasteiger partial charge >= 0.3 is 5.97 Å². The Bertz CT molecular complexity index is 856. The smallest absolute Gasteiger partial charge is 0.326 e. The molecule has 5 nitrogen and oxygen atoms in total. The van der Waals surface area contributed by atoms with E-state index in [0.717, 1.165) is 23.7 Å². The molecule has 1 heterocycles. The van der Waals surface area contributed by atoms with Gasteiger partial charge in [0.15, 0.2) is 0 Å². The number of carboxylic acids is 1. The van der Waals surface area contributed by atoms with E-state index in [2.05, 4.69) is 0 Å². The lowest BCUT2D eigenvalue weighted by Gasteiger charge is -2.24. The highest BCUT2D eigenvalue weighted by molar-refractivity contribution is 8.14. The third-order valence-electron chi connectivity index (χ3n) is 5.22. The molecule has 1 fully saturated rings. The predicted molar refractivity (Wildman–Crippen MR) is 125 cm³/mol. The lowest BCUT2D eigenvalue weighted by Crippen LogP contribution is -2.43. The number of carbonyl (C=O) groups excluding carboxylic acids is 2. The highest BCUT2D eigenvalue weighted by atomic mass is 32.2. The average Bonchev–Trinajstić information content (AvgIpc) is 3.23. The van der Waals surface area contributed by atoms with Crippen molar-refractivity contribution in [2.24, 2.45) is 11.8 Å². The van der Waals surface area contributed by atoms with Crippen LogP contribution in [0.15, 0.2) is 60.7 Å². The summed E-state index contributed by atoms with van der Waals surface area (Å²) in [6, 6.07) is 18.1. The highest BCUT2D eigenvalue weighted by Crippen LogP contribution is 2.29. The Morgan fingerprint density at radius 3 is 2.19 bits per heavy atom. The second-order valence-electron chi connectivity index (χ2n) is 7.50. The van der Waals surface area contributed by atoms with E-state index in [1.54, 1.807) is 31.2 Å². The third kappa shape index (κ3) is 6.96. The van der Waals surface area contributed by atoms with E-state index in [1.807, 2.05) is 50.2 Å². The van der Waals surface area contributed by atoms with Gasteiger partial charge in [-0.2, -0.15) is 0 Å². The van der Waals surface area contributed by atoms with Crippen molar-refractivity contribution in [3.8, 4) is 0 Å². The maximum absolute atomic E-state index is 12.9. The molecule has 1 aliphatic rings. The second kappa shape index (κ2) is 12.3. The van der Waals surface area contributed by atoms with Crippen LogP contribution in [0.25, 0.3) is 0 Å². The van der Waals surface area contributed by atoms with Crippen LogP contribution in [0.2, 0.25) is 0 Å². The first-order valence-corrected chi connectivity index (χ1v) is 11.7. The van der Waals surface area contributed by atoms with E-state index in [-0.39, 0.29) is 16.9 Å². The molecule has 0 bridgehead atoms. The molecule has 0 aromatic heterocycles. The molecule has 0 aliphatic carbocycles. The number of likely N-dealkylation sites (tertiary alicyclic amines) is 1. The quantitative estimate of drug-likeness (QED) is 0.670. The summed E-state index contributed by atoms with van der Waals surface area (Å²) >= 11 is 1.10. The number of hydrogen-bond acceptors (Lipinski definition) is 4. The van der Waals surface area contributed by atoms with E-state index in [1.165, 1.54) is 4.90 Å². The number of carboxylic acid groups (broad SMARTS) is 1. The summed E-state index contributed by atoms with van der Waals surface area (Å²) in [7, 11) is 0. The molecule has 2 aromatic carbocycles. The number of aliphatic carboxylic acids is 1. The molecule has 166 valence electrons. The first kappa shape index (κ1) is 24.7. The molecule has 3 rings (SSSR count). The van der Waals surface area contributed by atoms with E-state index in [9.17, 15) is 19.5 Å². The average molecular weight is 442 g/mol. The minimum atomic E-state index is -0.964. The fourth-order valence-electron chi connectivity index (χ4n) is 3.71. The van der Waals surface area contributed by atoms with E-state index >= 15 is 0 Å². The molecule has 1 saturated heterocycles. The minimum Gasteiger partial charge on any atom is -0.480 e. The van der Waals surface area contributed by atoms with Gasteiger partial charge in [0.1, 0.15) is 6.04 Å². The molecule has 3 unspecified atom stereocenters. The molecule has 1 N–H and O–H groups in total. The summed E-state index contributed by atoms with van der Waals surface area (Å²) in [4.78, 5) is 38.4. The number of amides is 1.